The van der Waals surface area contributed by atoms with Crippen LogP contribution in [0.2, 0.25) is 0 Å². The van der Waals surface area contributed by atoms with Gasteiger partial charge in [-0.1, -0.05) is 0 Å². The highest BCUT2D eigenvalue weighted by Crippen LogP contribution is 2.31. The lowest BCUT2D eigenvalue weighted by atomic mass is 10.2. The number of fused-ring (bicyclic) bond motifs is 1. The average molecular weight is 203 g/mol. The summed E-state index contributed by atoms with van der Waals surface area (Å²) in [6.07, 6.45) is -4.42. The van der Waals surface area contributed by atoms with E-state index in [2.05, 4.69) is 4.98 Å². The molecule has 2 rings (SSSR count). The lowest BCUT2D eigenvalue weighted by Gasteiger charge is -2.00. The molecule has 0 spiro atoms. The van der Waals surface area contributed by atoms with E-state index in [0.29, 0.717) is 0 Å². The Hall–Kier alpha value is -1.52. The monoisotopic (exact) mass is 203 g/mol. The summed E-state index contributed by atoms with van der Waals surface area (Å²) < 4.78 is 49.3. The van der Waals surface area contributed by atoms with E-state index in [0.717, 1.165) is 18.2 Å². The molecule has 0 aliphatic carbocycles. The van der Waals surface area contributed by atoms with Crippen molar-refractivity contribution in [2.24, 2.45) is 0 Å². The summed E-state index contributed by atoms with van der Waals surface area (Å²) in [6.45, 7) is 0. The smallest absolute Gasteiger partial charge is 0.351 e. The number of H-pyrrole nitrogens is 1. The van der Waals surface area contributed by atoms with Crippen molar-refractivity contribution in [2.45, 2.75) is 6.18 Å². The van der Waals surface area contributed by atoms with Crippen molar-refractivity contribution in [1.29, 1.82) is 0 Å². The van der Waals surface area contributed by atoms with Gasteiger partial charge < -0.3 is 4.98 Å². The van der Waals surface area contributed by atoms with E-state index >= 15 is 0 Å². The minimum atomic E-state index is -4.42. The molecule has 5 heteroatoms. The zero-order valence-corrected chi connectivity index (χ0v) is 6.82. The molecule has 0 atom stereocenters. The predicted octanol–water partition coefficient (Wildman–Crippen LogP) is 3.33. The summed E-state index contributed by atoms with van der Waals surface area (Å²) in [5, 5.41) is 0.220. The fourth-order valence-corrected chi connectivity index (χ4v) is 1.26. The minimum absolute atomic E-state index is 0.220. The van der Waals surface area contributed by atoms with Crippen LogP contribution in [0.25, 0.3) is 10.9 Å². The number of nitrogens with one attached hydrogen (secondary N) is 1. The standard InChI is InChI=1S/C9H5F4N/c10-6-1-2-7-5(3-6)4-8(14-7)9(11,12)13/h1-4,14H. The Balaban J connectivity index is 2.63. The topological polar surface area (TPSA) is 15.8 Å². The van der Waals surface area contributed by atoms with Gasteiger partial charge in [-0.2, -0.15) is 13.2 Å². The molecule has 0 unspecified atom stereocenters. The summed E-state index contributed by atoms with van der Waals surface area (Å²) in [4.78, 5) is 2.17. The average Bonchev–Trinajstić information content (AvgIpc) is 2.45. The van der Waals surface area contributed by atoms with Gasteiger partial charge in [0.25, 0.3) is 0 Å². The van der Waals surface area contributed by atoms with Crippen LogP contribution in [-0.2, 0) is 6.18 Å². The number of aromatic amines is 1. The van der Waals surface area contributed by atoms with Crippen molar-refractivity contribution in [2.75, 3.05) is 0 Å². The molecule has 0 aliphatic heterocycles. The summed E-state index contributed by atoms with van der Waals surface area (Å²) >= 11 is 0. The molecule has 14 heavy (non-hydrogen) atoms. The van der Waals surface area contributed by atoms with Gasteiger partial charge in [0.1, 0.15) is 11.5 Å². The van der Waals surface area contributed by atoms with Gasteiger partial charge in [0, 0.05) is 10.9 Å². The number of hydrogen-bond acceptors (Lipinski definition) is 0. The molecule has 2 aromatic rings. The molecular formula is C9H5F4N. The number of halogens is 4. The van der Waals surface area contributed by atoms with Crippen LogP contribution in [0, 0.1) is 5.82 Å². The first-order valence-electron chi connectivity index (χ1n) is 3.82. The Morgan fingerprint density at radius 1 is 1.07 bits per heavy atom. The van der Waals surface area contributed by atoms with E-state index in [1.165, 1.54) is 6.07 Å². The molecule has 74 valence electrons. The van der Waals surface area contributed by atoms with Crippen molar-refractivity contribution in [3.05, 3.63) is 35.8 Å². The maximum atomic E-state index is 12.6. The molecule has 0 amide bonds. The van der Waals surface area contributed by atoms with Gasteiger partial charge in [0.15, 0.2) is 0 Å². The first-order valence-corrected chi connectivity index (χ1v) is 3.82. The second-order valence-electron chi connectivity index (χ2n) is 2.91. The van der Waals surface area contributed by atoms with Crippen LogP contribution in [0.3, 0.4) is 0 Å². The molecule has 0 saturated carbocycles. The number of benzene rings is 1. The fraction of sp³-hybridized carbons (Fsp3) is 0.111. The van der Waals surface area contributed by atoms with Crippen LogP contribution >= 0.6 is 0 Å². The highest BCUT2D eigenvalue weighted by Gasteiger charge is 2.32. The van der Waals surface area contributed by atoms with Crippen LogP contribution < -0.4 is 0 Å². The zero-order chi connectivity index (χ0) is 10.3. The summed E-state index contributed by atoms with van der Waals surface area (Å²) in [5.74, 6) is -0.551. The Labute approximate surface area is 76.3 Å². The summed E-state index contributed by atoms with van der Waals surface area (Å²) in [7, 11) is 0. The molecule has 0 saturated heterocycles. The molecule has 1 aromatic carbocycles. The van der Waals surface area contributed by atoms with Crippen LogP contribution in [0.1, 0.15) is 5.69 Å². The Morgan fingerprint density at radius 3 is 2.43 bits per heavy atom. The molecule has 0 fully saturated rings. The van der Waals surface area contributed by atoms with Crippen molar-refractivity contribution in [3.63, 3.8) is 0 Å². The SMILES string of the molecule is Fc1ccc2[nH]c(C(F)(F)F)cc2c1. The van der Waals surface area contributed by atoms with E-state index < -0.39 is 17.7 Å². The Kier molecular flexibility index (Phi) is 1.77. The summed E-state index contributed by atoms with van der Waals surface area (Å²) in [6, 6.07) is 4.33. The second-order valence-corrected chi connectivity index (χ2v) is 2.91. The predicted molar refractivity (Wildman–Crippen MR) is 43.3 cm³/mol. The van der Waals surface area contributed by atoms with Crippen LogP contribution in [-0.4, -0.2) is 4.98 Å². The normalized spacial score (nSPS) is 12.3. The van der Waals surface area contributed by atoms with Gasteiger partial charge in [-0.15, -0.1) is 0 Å². The lowest BCUT2D eigenvalue weighted by Crippen LogP contribution is -2.04. The minimum Gasteiger partial charge on any atom is -0.351 e. The number of aromatic nitrogens is 1. The highest BCUT2D eigenvalue weighted by molar-refractivity contribution is 5.80. The van der Waals surface area contributed by atoms with E-state index in [9.17, 15) is 17.6 Å². The number of alkyl halides is 3. The maximum absolute atomic E-state index is 12.6. The maximum Gasteiger partial charge on any atom is 0.431 e. The Bertz CT molecular complexity index is 469. The molecule has 1 aromatic heterocycles. The third-order valence-electron chi connectivity index (χ3n) is 1.89. The molecule has 0 radical (unpaired) electrons. The van der Waals surface area contributed by atoms with E-state index in [1.54, 1.807) is 0 Å². The van der Waals surface area contributed by atoms with Crippen molar-refractivity contribution < 1.29 is 17.6 Å². The molecule has 0 aliphatic rings. The zero-order valence-electron chi connectivity index (χ0n) is 6.82. The van der Waals surface area contributed by atoms with Gasteiger partial charge in [0.05, 0.1) is 0 Å². The van der Waals surface area contributed by atoms with Gasteiger partial charge in [-0.25, -0.2) is 4.39 Å². The van der Waals surface area contributed by atoms with Crippen LogP contribution in [0.4, 0.5) is 17.6 Å². The van der Waals surface area contributed by atoms with Crippen LogP contribution in [0.5, 0.6) is 0 Å². The van der Waals surface area contributed by atoms with Crippen molar-refractivity contribution >= 4 is 10.9 Å². The lowest BCUT2D eigenvalue weighted by molar-refractivity contribution is -0.140. The van der Waals surface area contributed by atoms with Gasteiger partial charge in [-0.3, -0.25) is 0 Å². The van der Waals surface area contributed by atoms with E-state index in [4.69, 9.17) is 0 Å². The largest absolute Gasteiger partial charge is 0.431 e. The van der Waals surface area contributed by atoms with E-state index in [-0.39, 0.29) is 10.9 Å². The van der Waals surface area contributed by atoms with Crippen molar-refractivity contribution in [1.82, 2.24) is 4.98 Å². The fourth-order valence-electron chi connectivity index (χ4n) is 1.26. The van der Waals surface area contributed by atoms with E-state index in [1.807, 2.05) is 0 Å². The van der Waals surface area contributed by atoms with Crippen molar-refractivity contribution in [3.8, 4) is 0 Å². The third kappa shape index (κ3) is 1.45. The highest BCUT2D eigenvalue weighted by atomic mass is 19.4. The molecule has 1 N–H and O–H groups in total. The third-order valence-corrected chi connectivity index (χ3v) is 1.89. The molecular weight excluding hydrogens is 198 g/mol. The summed E-state index contributed by atoms with van der Waals surface area (Å²) in [5.41, 5.74) is -0.586. The van der Waals surface area contributed by atoms with Gasteiger partial charge >= 0.3 is 6.18 Å². The van der Waals surface area contributed by atoms with Gasteiger partial charge in [0.2, 0.25) is 0 Å². The molecule has 0 bridgehead atoms. The van der Waals surface area contributed by atoms with Crippen LogP contribution in [0.15, 0.2) is 24.3 Å². The molecule has 1 nitrogen and oxygen atoms in total. The quantitative estimate of drug-likeness (QED) is 0.632. The molecule has 1 heterocycles. The first-order chi connectivity index (χ1) is 6.47. The number of hydrogen-bond donors (Lipinski definition) is 1. The number of rotatable bonds is 0. The van der Waals surface area contributed by atoms with Gasteiger partial charge in [-0.05, 0) is 24.3 Å². The second kappa shape index (κ2) is 2.73. The Morgan fingerprint density at radius 2 is 1.79 bits per heavy atom. The first kappa shape index (κ1) is 9.05.